The first kappa shape index (κ1) is 14.5. The predicted molar refractivity (Wildman–Crippen MR) is 76.3 cm³/mol. The molecule has 0 unspecified atom stereocenters. The van der Waals surface area contributed by atoms with Crippen LogP contribution in [0.4, 0.5) is 0 Å². The van der Waals surface area contributed by atoms with Crippen molar-refractivity contribution in [1.82, 2.24) is 4.90 Å². The van der Waals surface area contributed by atoms with Crippen molar-refractivity contribution in [1.29, 1.82) is 0 Å². The minimum atomic E-state index is 0.585. The van der Waals surface area contributed by atoms with E-state index >= 15 is 0 Å². The lowest BCUT2D eigenvalue weighted by Crippen LogP contribution is -2.40. The summed E-state index contributed by atoms with van der Waals surface area (Å²) >= 11 is 3.77. The van der Waals surface area contributed by atoms with E-state index in [4.69, 9.17) is 0 Å². The van der Waals surface area contributed by atoms with Gasteiger partial charge in [-0.15, -0.1) is 0 Å². The van der Waals surface area contributed by atoms with Crippen molar-refractivity contribution in [3.05, 3.63) is 0 Å². The Balaban J connectivity index is 2.45. The molecule has 0 heterocycles. The standard InChI is InChI=1S/C14H28BrN/c1-3-5-11-16(4-2)13-14(12-15)9-7-6-8-10-14/h3-13H2,1-2H3. The Morgan fingerprint density at radius 2 is 1.81 bits per heavy atom. The second-order valence-electron chi connectivity index (χ2n) is 5.42. The molecule has 0 aromatic heterocycles. The third kappa shape index (κ3) is 4.37. The summed E-state index contributed by atoms with van der Waals surface area (Å²) in [5, 5.41) is 1.20. The maximum atomic E-state index is 3.77. The molecule has 1 fully saturated rings. The summed E-state index contributed by atoms with van der Waals surface area (Å²) in [6.45, 7) is 8.42. The van der Waals surface area contributed by atoms with Gasteiger partial charge in [0.15, 0.2) is 0 Å². The fourth-order valence-corrected chi connectivity index (χ4v) is 3.58. The van der Waals surface area contributed by atoms with Gasteiger partial charge in [0.05, 0.1) is 0 Å². The molecule has 0 aromatic rings. The molecule has 0 N–H and O–H groups in total. The van der Waals surface area contributed by atoms with Gasteiger partial charge in [0.2, 0.25) is 0 Å². The van der Waals surface area contributed by atoms with Gasteiger partial charge in [-0.2, -0.15) is 0 Å². The molecular weight excluding hydrogens is 262 g/mol. The molecule has 1 rings (SSSR count). The first-order chi connectivity index (χ1) is 7.76. The van der Waals surface area contributed by atoms with Crippen LogP contribution in [-0.4, -0.2) is 29.9 Å². The summed E-state index contributed by atoms with van der Waals surface area (Å²) in [6.07, 6.45) is 9.87. The van der Waals surface area contributed by atoms with Gasteiger partial charge >= 0.3 is 0 Å². The van der Waals surface area contributed by atoms with E-state index in [1.165, 1.54) is 69.9 Å². The summed E-state index contributed by atoms with van der Waals surface area (Å²) in [7, 11) is 0. The van der Waals surface area contributed by atoms with E-state index in [1.807, 2.05) is 0 Å². The first-order valence-corrected chi connectivity index (χ1v) is 8.17. The largest absolute Gasteiger partial charge is 0.303 e. The van der Waals surface area contributed by atoms with Crippen molar-refractivity contribution in [2.75, 3.05) is 25.0 Å². The van der Waals surface area contributed by atoms with E-state index in [0.29, 0.717) is 5.41 Å². The van der Waals surface area contributed by atoms with Crippen molar-refractivity contribution in [3.63, 3.8) is 0 Å². The molecule has 0 saturated heterocycles. The Morgan fingerprint density at radius 1 is 1.12 bits per heavy atom. The zero-order valence-corrected chi connectivity index (χ0v) is 12.7. The van der Waals surface area contributed by atoms with Crippen LogP contribution >= 0.6 is 15.9 Å². The quantitative estimate of drug-likeness (QED) is 0.626. The Hall–Kier alpha value is 0.440. The van der Waals surface area contributed by atoms with Gasteiger partial charge in [0, 0.05) is 11.9 Å². The van der Waals surface area contributed by atoms with E-state index in [2.05, 4.69) is 34.7 Å². The van der Waals surface area contributed by atoms with Gasteiger partial charge in [-0.3, -0.25) is 0 Å². The number of unbranched alkanes of at least 4 members (excludes halogenated alkanes) is 1. The molecule has 2 heteroatoms. The molecule has 0 amide bonds. The molecule has 0 radical (unpaired) electrons. The molecule has 0 aromatic carbocycles. The monoisotopic (exact) mass is 289 g/mol. The highest BCUT2D eigenvalue weighted by atomic mass is 79.9. The third-order valence-corrected chi connectivity index (χ3v) is 5.22. The Kier molecular flexibility index (Phi) is 6.98. The SMILES string of the molecule is CCCCN(CC)CC1(CBr)CCCCC1. The molecule has 0 bridgehead atoms. The number of nitrogens with zero attached hydrogens (tertiary/aromatic N) is 1. The van der Waals surface area contributed by atoms with Crippen molar-refractivity contribution in [2.24, 2.45) is 5.41 Å². The smallest absolute Gasteiger partial charge is 0.0100 e. The number of alkyl halides is 1. The van der Waals surface area contributed by atoms with E-state index in [-0.39, 0.29) is 0 Å². The average Bonchev–Trinajstić information content (AvgIpc) is 2.35. The van der Waals surface area contributed by atoms with Gasteiger partial charge in [-0.25, -0.2) is 0 Å². The van der Waals surface area contributed by atoms with Crippen LogP contribution in [0.15, 0.2) is 0 Å². The van der Waals surface area contributed by atoms with E-state index in [0.717, 1.165) is 0 Å². The van der Waals surface area contributed by atoms with E-state index in [9.17, 15) is 0 Å². The minimum Gasteiger partial charge on any atom is -0.303 e. The minimum absolute atomic E-state index is 0.585. The summed E-state index contributed by atoms with van der Waals surface area (Å²) in [6, 6.07) is 0. The highest BCUT2D eigenvalue weighted by Crippen LogP contribution is 2.38. The molecule has 1 nitrogen and oxygen atoms in total. The van der Waals surface area contributed by atoms with Gasteiger partial charge in [0.1, 0.15) is 0 Å². The topological polar surface area (TPSA) is 3.24 Å². The molecule has 0 aliphatic heterocycles. The molecule has 96 valence electrons. The maximum absolute atomic E-state index is 3.77. The van der Waals surface area contributed by atoms with E-state index < -0.39 is 0 Å². The molecule has 1 saturated carbocycles. The van der Waals surface area contributed by atoms with Crippen LogP contribution in [0.25, 0.3) is 0 Å². The average molecular weight is 290 g/mol. The van der Waals surface area contributed by atoms with Gasteiger partial charge in [-0.05, 0) is 37.8 Å². The number of rotatable bonds is 7. The maximum Gasteiger partial charge on any atom is 0.0100 e. The lowest BCUT2D eigenvalue weighted by molar-refractivity contribution is 0.129. The predicted octanol–water partition coefficient (Wildman–Crippen LogP) is 4.45. The Bertz CT molecular complexity index is 176. The Morgan fingerprint density at radius 3 is 2.31 bits per heavy atom. The van der Waals surface area contributed by atoms with Gasteiger partial charge in [0.25, 0.3) is 0 Å². The van der Waals surface area contributed by atoms with E-state index in [1.54, 1.807) is 0 Å². The van der Waals surface area contributed by atoms with Crippen LogP contribution in [0.3, 0.4) is 0 Å². The number of hydrogen-bond acceptors (Lipinski definition) is 1. The molecule has 16 heavy (non-hydrogen) atoms. The Labute approximate surface area is 110 Å². The molecule has 1 aliphatic rings. The highest BCUT2D eigenvalue weighted by molar-refractivity contribution is 9.09. The van der Waals surface area contributed by atoms with Crippen molar-refractivity contribution in [2.45, 2.75) is 58.8 Å². The van der Waals surface area contributed by atoms with Crippen LogP contribution in [0.2, 0.25) is 0 Å². The van der Waals surface area contributed by atoms with Crippen LogP contribution in [0, 0.1) is 5.41 Å². The lowest BCUT2D eigenvalue weighted by atomic mass is 9.75. The van der Waals surface area contributed by atoms with Crippen molar-refractivity contribution < 1.29 is 0 Å². The molecule has 0 atom stereocenters. The highest BCUT2D eigenvalue weighted by Gasteiger charge is 2.32. The molecular formula is C14H28BrN. The van der Waals surface area contributed by atoms with Crippen LogP contribution in [-0.2, 0) is 0 Å². The summed E-state index contributed by atoms with van der Waals surface area (Å²) in [5.74, 6) is 0. The van der Waals surface area contributed by atoms with Crippen LogP contribution in [0.1, 0.15) is 58.8 Å². The second kappa shape index (κ2) is 7.71. The molecule has 0 spiro atoms. The van der Waals surface area contributed by atoms with Gasteiger partial charge < -0.3 is 4.90 Å². The summed E-state index contributed by atoms with van der Waals surface area (Å²) in [5.41, 5.74) is 0.585. The normalized spacial score (nSPS) is 20.2. The fourth-order valence-electron chi connectivity index (χ4n) is 2.84. The second-order valence-corrected chi connectivity index (χ2v) is 5.98. The zero-order chi connectivity index (χ0) is 11.9. The fraction of sp³-hybridized carbons (Fsp3) is 1.00. The molecule has 1 aliphatic carbocycles. The lowest BCUT2D eigenvalue weighted by Gasteiger charge is -2.40. The van der Waals surface area contributed by atoms with Crippen LogP contribution < -0.4 is 0 Å². The van der Waals surface area contributed by atoms with Crippen LogP contribution in [0.5, 0.6) is 0 Å². The summed E-state index contributed by atoms with van der Waals surface area (Å²) in [4.78, 5) is 2.66. The zero-order valence-electron chi connectivity index (χ0n) is 11.1. The van der Waals surface area contributed by atoms with Crippen molar-refractivity contribution in [3.8, 4) is 0 Å². The third-order valence-electron chi connectivity index (χ3n) is 4.03. The van der Waals surface area contributed by atoms with Crippen molar-refractivity contribution >= 4 is 15.9 Å². The van der Waals surface area contributed by atoms with Gasteiger partial charge in [-0.1, -0.05) is 55.5 Å². The number of halogens is 1. The summed E-state index contributed by atoms with van der Waals surface area (Å²) < 4.78 is 0. The first-order valence-electron chi connectivity index (χ1n) is 7.04. The number of hydrogen-bond donors (Lipinski definition) is 0.